The molecule has 1 nitrogen and oxygen atoms in total. The summed E-state index contributed by atoms with van der Waals surface area (Å²) in [6.45, 7) is 1.72. The highest BCUT2D eigenvalue weighted by Gasteiger charge is 1.97. The van der Waals surface area contributed by atoms with Crippen LogP contribution in [0, 0.1) is 0 Å². The number of halogens is 1. The molecule has 0 radical (unpaired) electrons. The van der Waals surface area contributed by atoms with E-state index in [9.17, 15) is 4.39 Å². The van der Waals surface area contributed by atoms with Crippen molar-refractivity contribution in [2.45, 2.75) is 12.2 Å². The quantitative estimate of drug-likeness (QED) is 0.627. The van der Waals surface area contributed by atoms with Crippen molar-refractivity contribution in [3.05, 3.63) is 0 Å². The summed E-state index contributed by atoms with van der Waals surface area (Å²) in [5.74, 6) is 0.502. The Balaban J connectivity index is 2.86. The maximum Gasteiger partial charge on any atom is 0.0984 e. The lowest BCUT2D eigenvalue weighted by Crippen LogP contribution is -2.03. The molecule has 0 aromatic heterocycles. The van der Waals surface area contributed by atoms with E-state index in [4.69, 9.17) is 5.11 Å². The molecule has 0 amide bonds. The molecular formula is C5H11FOS. The third-order valence-corrected chi connectivity index (χ3v) is 1.84. The Hall–Kier alpha value is 0.240. The van der Waals surface area contributed by atoms with E-state index in [0.29, 0.717) is 5.75 Å². The van der Waals surface area contributed by atoms with E-state index in [2.05, 4.69) is 0 Å². The Morgan fingerprint density at radius 3 is 2.75 bits per heavy atom. The van der Waals surface area contributed by atoms with Crippen LogP contribution in [0.15, 0.2) is 0 Å². The van der Waals surface area contributed by atoms with Gasteiger partial charge in [-0.05, 0) is 0 Å². The summed E-state index contributed by atoms with van der Waals surface area (Å²) in [7, 11) is 0. The molecule has 8 heavy (non-hydrogen) atoms. The van der Waals surface area contributed by atoms with Crippen LogP contribution in [0.5, 0.6) is 0 Å². The van der Waals surface area contributed by atoms with E-state index >= 15 is 0 Å². The van der Waals surface area contributed by atoms with Crippen LogP contribution in [0.4, 0.5) is 4.39 Å². The van der Waals surface area contributed by atoms with E-state index in [1.54, 1.807) is 0 Å². The predicted octanol–water partition coefficient (Wildman–Crippen LogP) is 1.07. The average molecular weight is 138 g/mol. The fourth-order valence-electron chi connectivity index (χ4n) is 0.298. The Bertz CT molecular complexity index is 51.7. The van der Waals surface area contributed by atoms with Gasteiger partial charge in [0.25, 0.3) is 0 Å². The maximum atomic E-state index is 11.4. The van der Waals surface area contributed by atoms with Gasteiger partial charge in [0.15, 0.2) is 0 Å². The summed E-state index contributed by atoms with van der Waals surface area (Å²) in [4.78, 5) is 0. The second kappa shape index (κ2) is 5.38. The molecule has 0 aliphatic heterocycles. The summed E-state index contributed by atoms with van der Waals surface area (Å²) in [5.41, 5.74) is 0. The number of rotatable bonds is 4. The van der Waals surface area contributed by atoms with Crippen molar-refractivity contribution >= 4 is 11.8 Å². The molecule has 0 aromatic rings. The van der Waals surface area contributed by atoms with Crippen LogP contribution in [-0.4, -0.2) is 29.4 Å². The van der Waals surface area contributed by atoms with E-state index in [-0.39, 0.29) is 18.5 Å². The standard InChI is InChI=1S/C5H11FOS/c1-5(4-7)8-3-2-6/h5,7H,2-4H2,1H3. The number of aliphatic hydroxyl groups excluding tert-OH is 1. The third kappa shape index (κ3) is 4.40. The Morgan fingerprint density at radius 2 is 2.38 bits per heavy atom. The molecule has 0 spiro atoms. The highest BCUT2D eigenvalue weighted by atomic mass is 32.2. The summed E-state index contributed by atoms with van der Waals surface area (Å²) in [6, 6.07) is 0. The van der Waals surface area contributed by atoms with Crippen LogP contribution in [0.25, 0.3) is 0 Å². The van der Waals surface area contributed by atoms with E-state index in [0.717, 1.165) is 0 Å². The van der Waals surface area contributed by atoms with Crippen LogP contribution >= 0.6 is 11.8 Å². The molecule has 0 heterocycles. The zero-order valence-corrected chi connectivity index (χ0v) is 5.75. The lowest BCUT2D eigenvalue weighted by atomic mass is 10.5. The number of aliphatic hydroxyl groups is 1. The van der Waals surface area contributed by atoms with Gasteiger partial charge in [0.1, 0.15) is 0 Å². The van der Waals surface area contributed by atoms with Gasteiger partial charge in [0.2, 0.25) is 0 Å². The minimum Gasteiger partial charge on any atom is -0.395 e. The van der Waals surface area contributed by atoms with Gasteiger partial charge < -0.3 is 5.11 Å². The second-order valence-corrected chi connectivity index (χ2v) is 3.10. The highest BCUT2D eigenvalue weighted by molar-refractivity contribution is 7.99. The topological polar surface area (TPSA) is 20.2 Å². The highest BCUT2D eigenvalue weighted by Crippen LogP contribution is 2.07. The summed E-state index contributed by atoms with van der Waals surface area (Å²) in [6.07, 6.45) is 0. The molecule has 50 valence electrons. The van der Waals surface area contributed by atoms with Gasteiger partial charge in [-0.25, -0.2) is 0 Å². The molecule has 0 rings (SSSR count). The minimum atomic E-state index is -0.297. The molecule has 1 unspecified atom stereocenters. The molecule has 0 saturated carbocycles. The van der Waals surface area contributed by atoms with Gasteiger partial charge in [-0.15, -0.1) is 0 Å². The monoisotopic (exact) mass is 138 g/mol. The molecule has 0 bridgehead atoms. The van der Waals surface area contributed by atoms with Crippen LogP contribution in [0.1, 0.15) is 6.92 Å². The summed E-state index contributed by atoms with van der Waals surface area (Å²) in [5, 5.41) is 8.60. The van der Waals surface area contributed by atoms with Crippen molar-refractivity contribution in [3.8, 4) is 0 Å². The van der Waals surface area contributed by atoms with Gasteiger partial charge in [-0.3, -0.25) is 4.39 Å². The molecular weight excluding hydrogens is 127 g/mol. The van der Waals surface area contributed by atoms with Crippen LogP contribution in [0.3, 0.4) is 0 Å². The molecule has 0 aromatic carbocycles. The van der Waals surface area contributed by atoms with Gasteiger partial charge in [0.05, 0.1) is 13.3 Å². The van der Waals surface area contributed by atoms with Crippen molar-refractivity contribution in [1.29, 1.82) is 0 Å². The normalized spacial score (nSPS) is 13.9. The molecule has 0 fully saturated rings. The summed E-state index contributed by atoms with van der Waals surface area (Å²) < 4.78 is 11.4. The molecule has 1 atom stereocenters. The molecule has 0 aliphatic carbocycles. The van der Waals surface area contributed by atoms with Crippen molar-refractivity contribution in [2.75, 3.05) is 19.0 Å². The van der Waals surface area contributed by atoms with Crippen molar-refractivity contribution < 1.29 is 9.50 Å². The first-order chi connectivity index (χ1) is 3.81. The SMILES string of the molecule is CC(CO)SCCF. The first-order valence-corrected chi connectivity index (χ1v) is 3.64. The number of hydrogen-bond donors (Lipinski definition) is 1. The van der Waals surface area contributed by atoms with Crippen LogP contribution in [-0.2, 0) is 0 Å². The van der Waals surface area contributed by atoms with E-state index in [1.807, 2.05) is 6.92 Å². The van der Waals surface area contributed by atoms with E-state index in [1.165, 1.54) is 11.8 Å². The number of thioether (sulfide) groups is 1. The molecule has 3 heteroatoms. The van der Waals surface area contributed by atoms with Gasteiger partial charge in [0, 0.05) is 11.0 Å². The van der Waals surface area contributed by atoms with Gasteiger partial charge in [-0.1, -0.05) is 6.92 Å². The predicted molar refractivity (Wildman–Crippen MR) is 35.0 cm³/mol. The Kier molecular flexibility index (Phi) is 5.54. The van der Waals surface area contributed by atoms with Gasteiger partial charge >= 0.3 is 0 Å². The van der Waals surface area contributed by atoms with Gasteiger partial charge in [-0.2, -0.15) is 11.8 Å². The average Bonchev–Trinajstić information content (AvgIpc) is 1.83. The maximum absolute atomic E-state index is 11.4. The third-order valence-electron chi connectivity index (χ3n) is 0.737. The first-order valence-electron chi connectivity index (χ1n) is 2.59. The Morgan fingerprint density at radius 1 is 1.75 bits per heavy atom. The fourth-order valence-corrected chi connectivity index (χ4v) is 0.895. The molecule has 1 N–H and O–H groups in total. The molecule has 0 aliphatic rings. The smallest absolute Gasteiger partial charge is 0.0984 e. The molecule has 0 saturated heterocycles. The van der Waals surface area contributed by atoms with Crippen LogP contribution in [0.2, 0.25) is 0 Å². The lowest BCUT2D eigenvalue weighted by Gasteiger charge is -2.02. The van der Waals surface area contributed by atoms with Crippen molar-refractivity contribution in [1.82, 2.24) is 0 Å². The fraction of sp³-hybridized carbons (Fsp3) is 1.00. The second-order valence-electron chi connectivity index (χ2n) is 1.55. The van der Waals surface area contributed by atoms with E-state index < -0.39 is 0 Å². The minimum absolute atomic E-state index is 0.144. The lowest BCUT2D eigenvalue weighted by molar-refractivity contribution is 0.300. The zero-order chi connectivity index (χ0) is 6.41. The largest absolute Gasteiger partial charge is 0.395 e. The zero-order valence-electron chi connectivity index (χ0n) is 4.93. The van der Waals surface area contributed by atoms with Crippen molar-refractivity contribution in [3.63, 3.8) is 0 Å². The number of hydrogen-bond acceptors (Lipinski definition) is 2. The first kappa shape index (κ1) is 8.24. The van der Waals surface area contributed by atoms with Crippen LogP contribution < -0.4 is 0 Å². The number of alkyl halides is 1. The Labute approximate surface area is 53.3 Å². The van der Waals surface area contributed by atoms with Crippen molar-refractivity contribution in [2.24, 2.45) is 0 Å². The summed E-state index contributed by atoms with van der Waals surface area (Å²) >= 11 is 1.45.